The first kappa shape index (κ1) is 50.5. The minimum atomic E-state index is -1.30. The molecule has 0 aromatic heterocycles. The highest BCUT2D eigenvalue weighted by molar-refractivity contribution is 5.81. The Hall–Kier alpha value is -1.47. The molecule has 4 unspecified atom stereocenters. The molecule has 0 aromatic carbocycles. The summed E-state index contributed by atoms with van der Waals surface area (Å²) in [6.07, 6.45) is 47.8. The van der Waals surface area contributed by atoms with Crippen LogP contribution in [0.3, 0.4) is 0 Å². The number of aliphatic hydroxyl groups is 4. The van der Waals surface area contributed by atoms with Crippen LogP contribution in [0.2, 0.25) is 0 Å². The van der Waals surface area contributed by atoms with Gasteiger partial charge < -0.3 is 25.7 Å². The second-order valence-corrected chi connectivity index (χ2v) is 15.4. The Labute approximate surface area is 322 Å². The highest BCUT2D eigenvalue weighted by Crippen LogP contribution is 2.16. The predicted molar refractivity (Wildman–Crippen MR) is 224 cm³/mol. The number of rotatable bonds is 40. The van der Waals surface area contributed by atoms with Gasteiger partial charge in [-0.2, -0.15) is 0 Å². The van der Waals surface area contributed by atoms with Gasteiger partial charge in [0.2, 0.25) is 5.91 Å². The van der Waals surface area contributed by atoms with Crippen LogP contribution in [0.4, 0.5) is 0 Å². The van der Waals surface area contributed by atoms with Gasteiger partial charge in [0.05, 0.1) is 18.8 Å². The molecule has 1 amide bonds. The summed E-state index contributed by atoms with van der Waals surface area (Å²) in [6, 6.07) is -1.03. The molecular formula is C46H87NO5. The molecule has 0 aliphatic heterocycles. The van der Waals surface area contributed by atoms with Crippen molar-refractivity contribution in [2.24, 2.45) is 0 Å². The Morgan fingerprint density at radius 2 is 0.865 bits per heavy atom. The Balaban J connectivity index is 3.76. The van der Waals surface area contributed by atoms with Crippen molar-refractivity contribution in [1.29, 1.82) is 0 Å². The quantitative estimate of drug-likeness (QED) is 0.0318. The fourth-order valence-corrected chi connectivity index (χ4v) is 6.74. The lowest BCUT2D eigenvalue weighted by atomic mass is 10.0. The molecule has 0 saturated heterocycles. The minimum Gasteiger partial charge on any atom is -0.394 e. The van der Waals surface area contributed by atoms with Crippen molar-refractivity contribution < 1.29 is 25.2 Å². The molecule has 0 spiro atoms. The maximum Gasteiger partial charge on any atom is 0.249 e. The molecule has 0 bridgehead atoms. The molecule has 0 saturated carbocycles. The van der Waals surface area contributed by atoms with Crippen molar-refractivity contribution in [3.63, 3.8) is 0 Å². The van der Waals surface area contributed by atoms with Crippen LogP contribution in [-0.2, 0) is 4.79 Å². The number of hydrogen-bond donors (Lipinski definition) is 5. The van der Waals surface area contributed by atoms with Crippen LogP contribution in [0.25, 0.3) is 0 Å². The first-order chi connectivity index (χ1) is 25.5. The SMILES string of the molecule is CCCCCCCC/C=C\C/C=C\CC(O)C(=O)NC(CO)C(O)C(O)CCC/C=C/CCCCCCCCCCCCCCCCCCCCC. The molecule has 0 aliphatic carbocycles. The van der Waals surface area contributed by atoms with E-state index < -0.39 is 36.9 Å². The molecular weight excluding hydrogens is 647 g/mol. The Morgan fingerprint density at radius 3 is 1.29 bits per heavy atom. The molecule has 5 N–H and O–H groups in total. The van der Waals surface area contributed by atoms with Crippen molar-refractivity contribution in [3.05, 3.63) is 36.5 Å². The van der Waals surface area contributed by atoms with Crippen molar-refractivity contribution in [1.82, 2.24) is 5.32 Å². The van der Waals surface area contributed by atoms with Gasteiger partial charge in [-0.05, 0) is 51.4 Å². The van der Waals surface area contributed by atoms with Gasteiger partial charge in [0.15, 0.2) is 0 Å². The summed E-state index contributed by atoms with van der Waals surface area (Å²) in [5.41, 5.74) is 0. The average molecular weight is 734 g/mol. The van der Waals surface area contributed by atoms with Crippen LogP contribution in [0.5, 0.6) is 0 Å². The largest absolute Gasteiger partial charge is 0.394 e. The van der Waals surface area contributed by atoms with Gasteiger partial charge >= 0.3 is 0 Å². The molecule has 306 valence electrons. The number of allylic oxidation sites excluding steroid dienone is 5. The summed E-state index contributed by atoms with van der Waals surface area (Å²) in [6.45, 7) is 4.00. The van der Waals surface area contributed by atoms with E-state index in [1.54, 1.807) is 6.08 Å². The van der Waals surface area contributed by atoms with Gasteiger partial charge in [0.25, 0.3) is 0 Å². The van der Waals surface area contributed by atoms with Gasteiger partial charge in [-0.25, -0.2) is 0 Å². The Bertz CT molecular complexity index is 828. The maximum absolute atomic E-state index is 12.4. The van der Waals surface area contributed by atoms with Gasteiger partial charge in [0.1, 0.15) is 12.2 Å². The lowest BCUT2D eigenvalue weighted by Crippen LogP contribution is -2.52. The summed E-state index contributed by atoms with van der Waals surface area (Å²) < 4.78 is 0. The van der Waals surface area contributed by atoms with E-state index in [1.165, 1.54) is 161 Å². The number of nitrogens with one attached hydrogen (secondary N) is 1. The van der Waals surface area contributed by atoms with E-state index in [0.717, 1.165) is 25.7 Å². The summed E-state index contributed by atoms with van der Waals surface area (Å²) in [5, 5.41) is 43.4. The number of hydrogen-bond acceptors (Lipinski definition) is 5. The molecule has 52 heavy (non-hydrogen) atoms. The molecule has 0 aliphatic rings. The van der Waals surface area contributed by atoms with Gasteiger partial charge in [-0.15, -0.1) is 0 Å². The van der Waals surface area contributed by atoms with Crippen LogP contribution in [0, 0.1) is 0 Å². The fraction of sp³-hybridized carbons (Fsp3) is 0.848. The van der Waals surface area contributed by atoms with Gasteiger partial charge in [0, 0.05) is 6.42 Å². The van der Waals surface area contributed by atoms with E-state index in [1.807, 2.05) is 6.08 Å². The summed E-state index contributed by atoms with van der Waals surface area (Å²) in [5.74, 6) is -0.661. The number of aliphatic hydroxyl groups excluding tert-OH is 4. The topological polar surface area (TPSA) is 110 Å². The molecule has 4 atom stereocenters. The third-order valence-corrected chi connectivity index (χ3v) is 10.3. The molecule has 0 aromatic rings. The first-order valence-electron chi connectivity index (χ1n) is 22.4. The monoisotopic (exact) mass is 734 g/mol. The third-order valence-electron chi connectivity index (χ3n) is 10.3. The van der Waals surface area contributed by atoms with E-state index in [2.05, 4.69) is 43.5 Å². The second-order valence-electron chi connectivity index (χ2n) is 15.4. The zero-order chi connectivity index (χ0) is 38.2. The first-order valence-corrected chi connectivity index (χ1v) is 22.4. The minimum absolute atomic E-state index is 0.153. The van der Waals surface area contributed by atoms with E-state index in [9.17, 15) is 25.2 Å². The van der Waals surface area contributed by atoms with Crippen LogP contribution in [0.1, 0.15) is 219 Å². The molecule has 6 nitrogen and oxygen atoms in total. The second kappa shape index (κ2) is 40.7. The van der Waals surface area contributed by atoms with Crippen LogP contribution in [-0.4, -0.2) is 57.3 Å². The third kappa shape index (κ3) is 34.3. The van der Waals surface area contributed by atoms with Crippen LogP contribution in [0.15, 0.2) is 36.5 Å². The maximum atomic E-state index is 12.4. The van der Waals surface area contributed by atoms with E-state index in [-0.39, 0.29) is 6.42 Å². The standard InChI is InChI=1S/C46H87NO5/c1-3-5-7-9-11-13-15-17-18-19-20-21-22-23-24-25-26-27-28-30-31-33-35-37-39-43(49)45(51)42(41-48)47-46(52)44(50)40-38-36-34-32-29-16-14-12-10-8-6-4-2/h29,31-33,36,38,42-45,48-51H,3-28,30,34-35,37,39-41H2,1-2H3,(H,47,52)/b32-29-,33-31+,38-36-. The van der Waals surface area contributed by atoms with Crippen molar-refractivity contribution in [3.8, 4) is 0 Å². The zero-order valence-electron chi connectivity index (χ0n) is 34.3. The summed E-state index contributed by atoms with van der Waals surface area (Å²) in [4.78, 5) is 12.4. The Kier molecular flexibility index (Phi) is 39.6. The lowest BCUT2D eigenvalue weighted by Gasteiger charge is -2.27. The predicted octanol–water partition coefficient (Wildman–Crippen LogP) is 11.7. The normalized spacial score (nSPS) is 14.5. The number of carbonyl (C=O) groups is 1. The lowest BCUT2D eigenvalue weighted by molar-refractivity contribution is -0.132. The zero-order valence-corrected chi connectivity index (χ0v) is 34.3. The highest BCUT2D eigenvalue weighted by atomic mass is 16.3. The van der Waals surface area contributed by atoms with Gasteiger partial charge in [-0.3, -0.25) is 4.79 Å². The van der Waals surface area contributed by atoms with Crippen molar-refractivity contribution >= 4 is 5.91 Å². The van der Waals surface area contributed by atoms with E-state index in [0.29, 0.717) is 12.8 Å². The van der Waals surface area contributed by atoms with E-state index in [4.69, 9.17) is 0 Å². The number of unbranched alkanes of at least 4 members (excludes halogenated alkanes) is 26. The summed E-state index contributed by atoms with van der Waals surface area (Å²) >= 11 is 0. The van der Waals surface area contributed by atoms with Crippen molar-refractivity contribution in [2.45, 2.75) is 244 Å². The fourth-order valence-electron chi connectivity index (χ4n) is 6.74. The highest BCUT2D eigenvalue weighted by Gasteiger charge is 2.28. The Morgan fingerprint density at radius 1 is 0.500 bits per heavy atom. The smallest absolute Gasteiger partial charge is 0.249 e. The molecule has 0 rings (SSSR count). The van der Waals surface area contributed by atoms with Crippen molar-refractivity contribution in [2.75, 3.05) is 6.61 Å². The molecule has 0 heterocycles. The van der Waals surface area contributed by atoms with Crippen LogP contribution < -0.4 is 5.32 Å². The summed E-state index contributed by atoms with van der Waals surface area (Å²) in [7, 11) is 0. The van der Waals surface area contributed by atoms with E-state index >= 15 is 0 Å². The van der Waals surface area contributed by atoms with Crippen LogP contribution >= 0.6 is 0 Å². The molecule has 0 fully saturated rings. The molecule has 0 radical (unpaired) electrons. The number of carbonyl (C=O) groups excluding carboxylic acids is 1. The van der Waals surface area contributed by atoms with Gasteiger partial charge in [-0.1, -0.05) is 198 Å². The molecule has 6 heteroatoms. The number of amides is 1. The average Bonchev–Trinajstić information content (AvgIpc) is 3.15.